The van der Waals surface area contributed by atoms with Crippen LogP contribution in [0, 0.1) is 11.3 Å². The predicted molar refractivity (Wildman–Crippen MR) is 91.9 cm³/mol. The first-order chi connectivity index (χ1) is 10.3. The molecule has 2 unspecified atom stereocenters. The van der Waals surface area contributed by atoms with Crippen molar-refractivity contribution in [2.24, 2.45) is 17.1 Å². The van der Waals surface area contributed by atoms with Gasteiger partial charge in [0.05, 0.1) is 14.2 Å². The Labute approximate surface area is 134 Å². The third kappa shape index (κ3) is 4.54. The first-order valence-electron chi connectivity index (χ1n) is 8.04. The molecule has 2 N–H and O–H groups in total. The van der Waals surface area contributed by atoms with E-state index >= 15 is 0 Å². The van der Waals surface area contributed by atoms with Gasteiger partial charge in [0.2, 0.25) is 0 Å². The lowest BCUT2D eigenvalue weighted by Gasteiger charge is -2.40. The van der Waals surface area contributed by atoms with E-state index in [1.54, 1.807) is 14.2 Å². The minimum Gasteiger partial charge on any atom is -0.497 e. The summed E-state index contributed by atoms with van der Waals surface area (Å²) in [7, 11) is 3.37. The minimum absolute atomic E-state index is 0.221. The Kier molecular flexibility index (Phi) is 5.22. The fourth-order valence-corrected chi connectivity index (χ4v) is 3.45. The zero-order valence-corrected chi connectivity index (χ0v) is 14.6. The SMILES string of the molecule is COc1cc(OC)cc(N2CC(N)CC(CC(C)(C)C)C2)c1. The lowest BCUT2D eigenvalue weighted by Crippen LogP contribution is -2.47. The molecule has 0 spiro atoms. The van der Waals surface area contributed by atoms with Crippen LogP contribution in [-0.4, -0.2) is 33.4 Å². The summed E-state index contributed by atoms with van der Waals surface area (Å²) < 4.78 is 10.8. The number of nitrogens with zero attached hydrogens (tertiary/aromatic N) is 1. The maximum atomic E-state index is 6.31. The van der Waals surface area contributed by atoms with Crippen molar-refractivity contribution in [2.45, 2.75) is 39.7 Å². The largest absolute Gasteiger partial charge is 0.497 e. The highest BCUT2D eigenvalue weighted by atomic mass is 16.5. The molecule has 2 atom stereocenters. The smallest absolute Gasteiger partial charge is 0.124 e. The van der Waals surface area contributed by atoms with Gasteiger partial charge in [0.25, 0.3) is 0 Å². The molecule has 0 aliphatic carbocycles. The molecule has 22 heavy (non-hydrogen) atoms. The van der Waals surface area contributed by atoms with Gasteiger partial charge in [-0.1, -0.05) is 20.8 Å². The standard InChI is InChI=1S/C18H30N2O2/c1-18(2,3)10-13-6-14(19)12-20(11-13)15-7-16(21-4)9-17(8-15)22-5/h7-9,13-14H,6,10-12,19H2,1-5H3. The van der Waals surface area contributed by atoms with Crippen molar-refractivity contribution < 1.29 is 9.47 Å². The summed E-state index contributed by atoms with van der Waals surface area (Å²) >= 11 is 0. The maximum absolute atomic E-state index is 6.31. The van der Waals surface area contributed by atoms with Crippen LogP contribution in [0.15, 0.2) is 18.2 Å². The monoisotopic (exact) mass is 306 g/mol. The van der Waals surface area contributed by atoms with Gasteiger partial charge in [-0.3, -0.25) is 0 Å². The number of hydrogen-bond acceptors (Lipinski definition) is 4. The highest BCUT2D eigenvalue weighted by Crippen LogP contribution is 2.34. The van der Waals surface area contributed by atoms with Crippen molar-refractivity contribution in [3.05, 3.63) is 18.2 Å². The summed E-state index contributed by atoms with van der Waals surface area (Å²) in [6.07, 6.45) is 2.30. The van der Waals surface area contributed by atoms with Crippen molar-refractivity contribution in [2.75, 3.05) is 32.2 Å². The highest BCUT2D eigenvalue weighted by molar-refractivity contribution is 5.56. The second kappa shape index (κ2) is 6.78. The summed E-state index contributed by atoms with van der Waals surface area (Å²) in [6, 6.07) is 6.25. The highest BCUT2D eigenvalue weighted by Gasteiger charge is 2.28. The molecule has 0 saturated carbocycles. The number of hydrogen-bond donors (Lipinski definition) is 1. The molecule has 0 radical (unpaired) electrons. The first kappa shape index (κ1) is 16.9. The van der Waals surface area contributed by atoms with Gasteiger partial charge < -0.3 is 20.1 Å². The Morgan fingerprint density at radius 2 is 1.68 bits per heavy atom. The zero-order valence-electron chi connectivity index (χ0n) is 14.6. The molecule has 4 heteroatoms. The fraction of sp³-hybridized carbons (Fsp3) is 0.667. The number of anilines is 1. The molecule has 4 nitrogen and oxygen atoms in total. The van der Waals surface area contributed by atoms with Crippen LogP contribution < -0.4 is 20.1 Å². The lowest BCUT2D eigenvalue weighted by atomic mass is 9.80. The summed E-state index contributed by atoms with van der Waals surface area (Å²) in [5.74, 6) is 2.27. The quantitative estimate of drug-likeness (QED) is 0.927. The summed E-state index contributed by atoms with van der Waals surface area (Å²) in [4.78, 5) is 2.37. The molecule has 0 aromatic heterocycles. The van der Waals surface area contributed by atoms with Crippen molar-refractivity contribution >= 4 is 5.69 Å². The Bertz CT molecular complexity index is 474. The van der Waals surface area contributed by atoms with Crippen LogP contribution in [0.25, 0.3) is 0 Å². The number of piperidine rings is 1. The second-order valence-electron chi connectivity index (χ2n) is 7.60. The average Bonchev–Trinajstić information content (AvgIpc) is 2.44. The Hall–Kier alpha value is -1.42. The van der Waals surface area contributed by atoms with Crippen LogP contribution in [0.3, 0.4) is 0 Å². The van der Waals surface area contributed by atoms with Crippen molar-refractivity contribution in [3.8, 4) is 11.5 Å². The van der Waals surface area contributed by atoms with Gasteiger partial charge in [-0.15, -0.1) is 0 Å². The molecular weight excluding hydrogens is 276 g/mol. The van der Waals surface area contributed by atoms with E-state index in [-0.39, 0.29) is 6.04 Å². The fourth-order valence-electron chi connectivity index (χ4n) is 3.45. The van der Waals surface area contributed by atoms with Gasteiger partial charge >= 0.3 is 0 Å². The van der Waals surface area contributed by atoms with E-state index in [2.05, 4.69) is 37.8 Å². The molecule has 2 rings (SSSR count). The summed E-state index contributed by atoms with van der Waals surface area (Å²) in [5.41, 5.74) is 7.77. The van der Waals surface area contributed by atoms with E-state index in [9.17, 15) is 0 Å². The van der Waals surface area contributed by atoms with E-state index in [0.717, 1.165) is 36.7 Å². The first-order valence-corrected chi connectivity index (χ1v) is 8.04. The molecule has 1 aliphatic heterocycles. The molecular formula is C18H30N2O2. The maximum Gasteiger partial charge on any atom is 0.124 e. The normalized spacial score (nSPS) is 22.5. The number of benzene rings is 1. The Morgan fingerprint density at radius 1 is 1.09 bits per heavy atom. The summed E-state index contributed by atoms with van der Waals surface area (Å²) in [6.45, 7) is 8.82. The van der Waals surface area contributed by atoms with Crippen molar-refractivity contribution in [3.63, 3.8) is 0 Å². The number of methoxy groups -OCH3 is 2. The van der Waals surface area contributed by atoms with E-state index in [4.69, 9.17) is 15.2 Å². The Balaban J connectivity index is 2.20. The molecule has 124 valence electrons. The van der Waals surface area contributed by atoms with Crippen LogP contribution >= 0.6 is 0 Å². The topological polar surface area (TPSA) is 47.7 Å². The number of rotatable bonds is 4. The van der Waals surface area contributed by atoms with Gasteiger partial charge in [0.1, 0.15) is 11.5 Å². The molecule has 0 bridgehead atoms. The van der Waals surface area contributed by atoms with E-state index in [1.807, 2.05) is 6.07 Å². The molecule has 1 saturated heterocycles. The van der Waals surface area contributed by atoms with E-state index in [1.165, 1.54) is 6.42 Å². The van der Waals surface area contributed by atoms with Crippen LogP contribution in [0.5, 0.6) is 11.5 Å². The van der Waals surface area contributed by atoms with Crippen molar-refractivity contribution in [1.82, 2.24) is 0 Å². The van der Waals surface area contributed by atoms with Gasteiger partial charge in [0, 0.05) is 43.0 Å². The van der Waals surface area contributed by atoms with Crippen LogP contribution in [-0.2, 0) is 0 Å². The second-order valence-corrected chi connectivity index (χ2v) is 7.60. The molecule has 1 aromatic rings. The zero-order chi connectivity index (χ0) is 16.3. The van der Waals surface area contributed by atoms with Gasteiger partial charge in [-0.05, 0) is 24.2 Å². The third-order valence-corrected chi connectivity index (χ3v) is 4.17. The van der Waals surface area contributed by atoms with Gasteiger partial charge in [-0.25, -0.2) is 0 Å². The van der Waals surface area contributed by atoms with Crippen LogP contribution in [0.4, 0.5) is 5.69 Å². The van der Waals surface area contributed by atoms with Crippen LogP contribution in [0.1, 0.15) is 33.6 Å². The number of nitrogens with two attached hydrogens (primary N) is 1. The molecule has 0 amide bonds. The molecule has 1 fully saturated rings. The molecule has 1 aliphatic rings. The van der Waals surface area contributed by atoms with E-state index in [0.29, 0.717) is 11.3 Å². The Morgan fingerprint density at radius 3 is 2.18 bits per heavy atom. The average molecular weight is 306 g/mol. The molecule has 1 aromatic carbocycles. The number of ether oxygens (including phenoxy) is 2. The van der Waals surface area contributed by atoms with Gasteiger partial charge in [0.15, 0.2) is 0 Å². The van der Waals surface area contributed by atoms with E-state index < -0.39 is 0 Å². The summed E-state index contributed by atoms with van der Waals surface area (Å²) in [5, 5.41) is 0. The minimum atomic E-state index is 0.221. The molecule has 1 heterocycles. The van der Waals surface area contributed by atoms with Crippen LogP contribution in [0.2, 0.25) is 0 Å². The third-order valence-electron chi connectivity index (χ3n) is 4.17. The lowest BCUT2D eigenvalue weighted by molar-refractivity contribution is 0.253. The predicted octanol–water partition coefficient (Wildman–Crippen LogP) is 3.29. The van der Waals surface area contributed by atoms with Crippen molar-refractivity contribution in [1.29, 1.82) is 0 Å². The van der Waals surface area contributed by atoms with Gasteiger partial charge in [-0.2, -0.15) is 0 Å².